The molecule has 0 bridgehead atoms. The molecule has 0 amide bonds. The first-order chi connectivity index (χ1) is 8.25. The average molecular weight is 237 g/mol. The molecule has 1 aliphatic heterocycles. The zero-order chi connectivity index (χ0) is 12.1. The molecule has 1 aliphatic rings. The predicted octanol–water partition coefficient (Wildman–Crippen LogP) is 1.67. The van der Waals surface area contributed by atoms with Gasteiger partial charge in [0.2, 0.25) is 6.79 Å². The quantitative estimate of drug-likeness (QED) is 0.739. The van der Waals surface area contributed by atoms with Gasteiger partial charge in [-0.2, -0.15) is 0 Å². The minimum Gasteiger partial charge on any atom is -0.454 e. The summed E-state index contributed by atoms with van der Waals surface area (Å²) >= 11 is 0. The van der Waals surface area contributed by atoms with Crippen molar-refractivity contribution in [3.8, 4) is 11.5 Å². The van der Waals surface area contributed by atoms with E-state index < -0.39 is 0 Å². The number of hydrogen-bond donors (Lipinski definition) is 2. The zero-order valence-electron chi connectivity index (χ0n) is 10.1. The first-order valence-corrected chi connectivity index (χ1v) is 6.03. The average Bonchev–Trinajstić information content (AvgIpc) is 2.75. The van der Waals surface area contributed by atoms with Crippen molar-refractivity contribution >= 4 is 0 Å². The summed E-state index contributed by atoms with van der Waals surface area (Å²) in [5, 5.41) is 12.5. The highest BCUT2D eigenvalue weighted by molar-refractivity contribution is 5.44. The van der Waals surface area contributed by atoms with Gasteiger partial charge in [0.05, 0.1) is 6.10 Å². The van der Waals surface area contributed by atoms with Crippen molar-refractivity contribution in [1.29, 1.82) is 0 Å². The molecule has 17 heavy (non-hydrogen) atoms. The fourth-order valence-corrected chi connectivity index (χ4v) is 1.81. The van der Waals surface area contributed by atoms with Crippen LogP contribution in [0.1, 0.15) is 25.3 Å². The molecule has 0 aromatic heterocycles. The molecule has 0 saturated carbocycles. The lowest BCUT2D eigenvalue weighted by atomic mass is 10.2. The van der Waals surface area contributed by atoms with E-state index in [4.69, 9.17) is 14.6 Å². The van der Waals surface area contributed by atoms with Gasteiger partial charge in [-0.3, -0.25) is 0 Å². The first-order valence-electron chi connectivity index (χ1n) is 6.03. The van der Waals surface area contributed by atoms with E-state index in [0.717, 1.165) is 37.4 Å². The monoisotopic (exact) mass is 237 g/mol. The minimum absolute atomic E-state index is 0.206. The van der Waals surface area contributed by atoms with Gasteiger partial charge in [-0.05, 0) is 44.0 Å². The van der Waals surface area contributed by atoms with Crippen molar-refractivity contribution in [2.24, 2.45) is 0 Å². The second-order valence-electron chi connectivity index (χ2n) is 4.36. The molecule has 1 aromatic carbocycles. The van der Waals surface area contributed by atoms with Crippen LogP contribution in [0, 0.1) is 0 Å². The van der Waals surface area contributed by atoms with Crippen LogP contribution in [0.3, 0.4) is 0 Å². The Morgan fingerprint density at radius 1 is 1.35 bits per heavy atom. The molecule has 0 fully saturated rings. The van der Waals surface area contributed by atoms with Crippen molar-refractivity contribution < 1.29 is 14.6 Å². The van der Waals surface area contributed by atoms with Gasteiger partial charge >= 0.3 is 0 Å². The van der Waals surface area contributed by atoms with Gasteiger partial charge in [-0.25, -0.2) is 0 Å². The fraction of sp³-hybridized carbons (Fsp3) is 0.538. The molecule has 4 nitrogen and oxygen atoms in total. The second kappa shape index (κ2) is 5.89. The highest BCUT2D eigenvalue weighted by Crippen LogP contribution is 2.32. The number of ether oxygens (including phenoxy) is 2. The Bertz CT molecular complexity index is 366. The van der Waals surface area contributed by atoms with Crippen LogP contribution in [0.5, 0.6) is 11.5 Å². The molecule has 1 unspecified atom stereocenters. The topological polar surface area (TPSA) is 50.7 Å². The van der Waals surface area contributed by atoms with E-state index in [-0.39, 0.29) is 6.10 Å². The highest BCUT2D eigenvalue weighted by Gasteiger charge is 2.12. The van der Waals surface area contributed by atoms with Crippen molar-refractivity contribution in [2.75, 3.05) is 13.3 Å². The summed E-state index contributed by atoms with van der Waals surface area (Å²) in [6, 6.07) is 5.98. The van der Waals surface area contributed by atoms with Crippen molar-refractivity contribution in [3.63, 3.8) is 0 Å². The molecule has 2 N–H and O–H groups in total. The van der Waals surface area contributed by atoms with Gasteiger partial charge in [0.25, 0.3) is 0 Å². The second-order valence-corrected chi connectivity index (χ2v) is 4.36. The van der Waals surface area contributed by atoms with Gasteiger partial charge in [0.1, 0.15) is 0 Å². The lowest BCUT2D eigenvalue weighted by Gasteiger charge is -2.07. The van der Waals surface area contributed by atoms with E-state index in [1.54, 1.807) is 0 Å². The summed E-state index contributed by atoms with van der Waals surface area (Å²) in [7, 11) is 0. The van der Waals surface area contributed by atoms with E-state index >= 15 is 0 Å². The summed E-state index contributed by atoms with van der Waals surface area (Å²) in [6.07, 6.45) is 1.62. The molecule has 0 aliphatic carbocycles. The van der Waals surface area contributed by atoms with E-state index in [1.807, 2.05) is 25.1 Å². The number of hydrogen-bond acceptors (Lipinski definition) is 4. The number of benzene rings is 1. The molecule has 0 saturated heterocycles. The Labute approximate surface area is 102 Å². The molecule has 0 spiro atoms. The normalized spacial score (nSPS) is 14.9. The molecule has 2 rings (SSSR count). The highest BCUT2D eigenvalue weighted by atomic mass is 16.7. The zero-order valence-corrected chi connectivity index (χ0v) is 10.1. The Morgan fingerprint density at radius 3 is 3.00 bits per heavy atom. The maximum absolute atomic E-state index is 9.12. The van der Waals surface area contributed by atoms with E-state index in [0.29, 0.717) is 6.79 Å². The van der Waals surface area contributed by atoms with Crippen molar-refractivity contribution in [2.45, 2.75) is 32.4 Å². The Hall–Kier alpha value is -1.26. The number of nitrogens with one attached hydrogen (secondary N) is 1. The third kappa shape index (κ3) is 3.61. The third-order valence-electron chi connectivity index (χ3n) is 2.74. The number of aliphatic hydroxyl groups excluding tert-OH is 1. The molecule has 1 aromatic rings. The van der Waals surface area contributed by atoms with Crippen molar-refractivity contribution in [3.05, 3.63) is 23.8 Å². The Kier molecular flexibility index (Phi) is 4.23. The van der Waals surface area contributed by atoms with Gasteiger partial charge in [0, 0.05) is 6.54 Å². The van der Waals surface area contributed by atoms with E-state index in [1.165, 1.54) is 5.56 Å². The molecule has 1 heterocycles. The third-order valence-corrected chi connectivity index (χ3v) is 2.74. The van der Waals surface area contributed by atoms with Crippen LogP contribution >= 0.6 is 0 Å². The van der Waals surface area contributed by atoms with Crippen LogP contribution in [0.15, 0.2) is 18.2 Å². The summed E-state index contributed by atoms with van der Waals surface area (Å²) in [5.41, 5.74) is 1.19. The molecule has 1 atom stereocenters. The summed E-state index contributed by atoms with van der Waals surface area (Å²) in [5.74, 6) is 1.65. The molecule has 4 heteroatoms. The van der Waals surface area contributed by atoms with Crippen LogP contribution in [-0.2, 0) is 6.54 Å². The molecule has 94 valence electrons. The maximum Gasteiger partial charge on any atom is 0.231 e. The Morgan fingerprint density at radius 2 is 2.18 bits per heavy atom. The van der Waals surface area contributed by atoms with Crippen LogP contribution in [0.25, 0.3) is 0 Å². The summed E-state index contributed by atoms with van der Waals surface area (Å²) < 4.78 is 10.6. The largest absolute Gasteiger partial charge is 0.454 e. The van der Waals surface area contributed by atoms with Gasteiger partial charge < -0.3 is 19.9 Å². The van der Waals surface area contributed by atoms with E-state index in [9.17, 15) is 0 Å². The van der Waals surface area contributed by atoms with Crippen LogP contribution < -0.4 is 14.8 Å². The SMILES string of the molecule is CC(O)CCCNCc1ccc2c(c1)OCO2. The van der Waals surface area contributed by atoms with Crippen LogP contribution in [0.2, 0.25) is 0 Å². The Balaban J connectivity index is 1.72. The number of rotatable bonds is 6. The smallest absolute Gasteiger partial charge is 0.231 e. The molecule has 0 radical (unpaired) electrons. The van der Waals surface area contributed by atoms with Gasteiger partial charge in [-0.1, -0.05) is 6.07 Å². The fourth-order valence-electron chi connectivity index (χ4n) is 1.81. The number of fused-ring (bicyclic) bond motifs is 1. The van der Waals surface area contributed by atoms with Crippen LogP contribution in [-0.4, -0.2) is 24.5 Å². The van der Waals surface area contributed by atoms with Gasteiger partial charge in [-0.15, -0.1) is 0 Å². The maximum atomic E-state index is 9.12. The minimum atomic E-state index is -0.206. The number of aliphatic hydroxyl groups is 1. The summed E-state index contributed by atoms with van der Waals surface area (Å²) in [6.45, 7) is 3.87. The lowest BCUT2D eigenvalue weighted by molar-refractivity contribution is 0.174. The van der Waals surface area contributed by atoms with Crippen molar-refractivity contribution in [1.82, 2.24) is 5.32 Å². The first kappa shape index (κ1) is 12.2. The van der Waals surface area contributed by atoms with Crippen LogP contribution in [0.4, 0.5) is 0 Å². The molecular weight excluding hydrogens is 218 g/mol. The summed E-state index contributed by atoms with van der Waals surface area (Å²) in [4.78, 5) is 0. The standard InChI is InChI=1S/C13H19NO3/c1-10(15)3-2-6-14-8-11-4-5-12-13(7-11)17-9-16-12/h4-5,7,10,14-15H,2-3,6,8-9H2,1H3. The van der Waals surface area contributed by atoms with E-state index in [2.05, 4.69) is 5.32 Å². The van der Waals surface area contributed by atoms with Gasteiger partial charge in [0.15, 0.2) is 11.5 Å². The lowest BCUT2D eigenvalue weighted by Crippen LogP contribution is -2.16. The molecular formula is C13H19NO3. The predicted molar refractivity (Wildman–Crippen MR) is 65.2 cm³/mol.